The number of hydrogen-bond acceptors (Lipinski definition) is 3. The molecule has 7 nitrogen and oxygen atoms in total. The van der Waals surface area contributed by atoms with Gasteiger partial charge in [0.1, 0.15) is 0 Å². The van der Waals surface area contributed by atoms with E-state index in [1.165, 1.54) is 21.9 Å². The lowest BCUT2D eigenvalue weighted by atomic mass is 10.0. The molecule has 0 amide bonds. The highest BCUT2D eigenvalue weighted by Gasteiger charge is 2.24. The van der Waals surface area contributed by atoms with Crippen molar-refractivity contribution in [3.63, 3.8) is 0 Å². The second-order valence-electron chi connectivity index (χ2n) is 19.6. The summed E-state index contributed by atoms with van der Waals surface area (Å²) in [4.78, 5) is 16.9. The van der Waals surface area contributed by atoms with Crippen LogP contribution < -0.4 is 0 Å². The molecule has 0 fully saturated rings. The molecule has 5 aromatic heterocycles. The molecule has 76 heavy (non-hydrogen) atoms. The van der Waals surface area contributed by atoms with Crippen LogP contribution in [-0.2, 0) is 0 Å². The summed E-state index contributed by atoms with van der Waals surface area (Å²) in [5.74, 6) is 1.55. The Hall–Kier alpha value is -10.4. The van der Waals surface area contributed by atoms with Gasteiger partial charge in [-0.25, -0.2) is 0 Å². The van der Waals surface area contributed by atoms with Crippen LogP contribution in [0.5, 0.6) is 0 Å². The second-order valence-corrected chi connectivity index (χ2v) is 19.6. The summed E-state index contributed by atoms with van der Waals surface area (Å²) in [6, 6.07) is 93.4. The van der Waals surface area contributed by atoms with Crippen molar-refractivity contribution >= 4 is 87.2 Å². The van der Waals surface area contributed by atoms with Gasteiger partial charge in [0.2, 0.25) is 17.8 Å². The lowest BCUT2D eigenvalue weighted by Crippen LogP contribution is -2.13. The minimum Gasteiger partial charge on any atom is -0.309 e. The third kappa shape index (κ3) is 6.39. The Labute approximate surface area is 436 Å². The molecule has 5 heterocycles. The molecule has 0 radical (unpaired) electrons. The van der Waals surface area contributed by atoms with E-state index in [4.69, 9.17) is 15.0 Å². The van der Waals surface area contributed by atoms with Crippen LogP contribution in [0.3, 0.4) is 0 Å². The van der Waals surface area contributed by atoms with Crippen LogP contribution in [0.4, 0.5) is 0 Å². The highest BCUT2D eigenvalue weighted by atomic mass is 15.3. The van der Waals surface area contributed by atoms with Crippen LogP contribution in [0.15, 0.2) is 261 Å². The Morgan fingerprint density at radius 1 is 0.184 bits per heavy atom. The molecule has 0 aliphatic rings. The third-order valence-corrected chi connectivity index (χ3v) is 15.5. The molecule has 0 aliphatic heterocycles. The van der Waals surface area contributed by atoms with Gasteiger partial charge in [0.05, 0.1) is 44.1 Å². The van der Waals surface area contributed by atoms with Gasteiger partial charge in [0.15, 0.2) is 0 Å². The summed E-state index contributed by atoms with van der Waals surface area (Å²) in [6.07, 6.45) is 0. The van der Waals surface area contributed by atoms with Crippen molar-refractivity contribution in [2.75, 3.05) is 0 Å². The Morgan fingerprint density at radius 2 is 0.474 bits per heavy atom. The van der Waals surface area contributed by atoms with Gasteiger partial charge in [-0.05, 0) is 94.0 Å². The van der Waals surface area contributed by atoms with Gasteiger partial charge >= 0.3 is 0 Å². The first-order valence-corrected chi connectivity index (χ1v) is 25.8. The van der Waals surface area contributed by atoms with E-state index in [9.17, 15) is 0 Å². The van der Waals surface area contributed by atoms with Crippen molar-refractivity contribution in [2.24, 2.45) is 0 Å². The normalized spacial score (nSPS) is 11.9. The highest BCUT2D eigenvalue weighted by molar-refractivity contribution is 6.14. The zero-order valence-electron chi connectivity index (χ0n) is 41.0. The van der Waals surface area contributed by atoms with Gasteiger partial charge in [-0.1, -0.05) is 200 Å². The second kappa shape index (κ2) is 16.6. The fourth-order valence-electron chi connectivity index (χ4n) is 12.0. The standard InChI is InChI=1S/C69H43N7/c1-4-18-44(19-5-1)47-32-36-55-51-24-10-14-28-59(51)73(64(55)40-47)50-35-39-63-58(43-50)54-27-13-17-31-62(54)74(63)67-70-68(75-60-29-15-11-25-52(60)56-37-33-48(41-65(56)75)45-20-6-2-7-21-45)72-69(71-67)76-61-30-16-12-26-53(61)57-38-34-49(42-66(57)76)46-22-8-3-9-23-46/h1-43H. The molecule has 0 saturated heterocycles. The molecular formula is C69H43N7. The number of fused-ring (bicyclic) bond motifs is 12. The van der Waals surface area contributed by atoms with Crippen molar-refractivity contribution in [2.45, 2.75) is 0 Å². The first kappa shape index (κ1) is 42.2. The molecule has 0 saturated carbocycles. The Kier molecular flexibility index (Phi) is 9.20. The molecule has 0 atom stereocenters. The lowest BCUT2D eigenvalue weighted by Gasteiger charge is -2.14. The highest BCUT2D eigenvalue weighted by Crippen LogP contribution is 2.41. The van der Waals surface area contributed by atoms with Crippen molar-refractivity contribution in [1.82, 2.24) is 33.2 Å². The topological polar surface area (TPSA) is 58.4 Å². The zero-order chi connectivity index (χ0) is 49.8. The van der Waals surface area contributed by atoms with E-state index in [0.717, 1.165) is 104 Å². The van der Waals surface area contributed by atoms with Crippen LogP contribution >= 0.6 is 0 Å². The molecule has 0 bridgehead atoms. The molecule has 0 aliphatic carbocycles. The Morgan fingerprint density at radius 3 is 0.868 bits per heavy atom. The Bertz CT molecular complexity index is 4810. The Balaban J connectivity index is 0.985. The maximum Gasteiger partial charge on any atom is 0.241 e. The monoisotopic (exact) mass is 969 g/mol. The molecule has 16 rings (SSSR count). The SMILES string of the molecule is c1ccc(-c2ccc3c4ccccc4n(-c4ccc5c(c4)c4ccccc4n5-c4nc(-n5c6ccccc6c6ccc(-c7ccccc7)cc65)nc(-n5c6ccccc6c6ccc(-c7ccccc7)cc65)n4)c3c2)cc1. The number of nitrogens with zero attached hydrogens (tertiary/aromatic N) is 7. The van der Waals surface area contributed by atoms with E-state index in [-0.39, 0.29) is 0 Å². The molecule has 0 N–H and O–H groups in total. The lowest BCUT2D eigenvalue weighted by molar-refractivity contribution is 0.848. The van der Waals surface area contributed by atoms with Crippen molar-refractivity contribution in [3.05, 3.63) is 261 Å². The number of benzene rings is 11. The predicted molar refractivity (Wildman–Crippen MR) is 313 cm³/mol. The number of para-hydroxylation sites is 4. The maximum atomic E-state index is 5.63. The first-order chi connectivity index (χ1) is 37.7. The molecule has 354 valence electrons. The third-order valence-electron chi connectivity index (χ3n) is 15.5. The largest absolute Gasteiger partial charge is 0.309 e. The molecule has 0 spiro atoms. The van der Waals surface area contributed by atoms with Gasteiger partial charge in [-0.15, -0.1) is 0 Å². The van der Waals surface area contributed by atoms with E-state index >= 15 is 0 Å². The van der Waals surface area contributed by atoms with E-state index < -0.39 is 0 Å². The van der Waals surface area contributed by atoms with E-state index in [1.807, 2.05) is 0 Å². The van der Waals surface area contributed by atoms with E-state index in [0.29, 0.717) is 17.8 Å². The first-order valence-electron chi connectivity index (χ1n) is 25.8. The number of aromatic nitrogens is 7. The summed E-state index contributed by atoms with van der Waals surface area (Å²) in [7, 11) is 0. The zero-order valence-corrected chi connectivity index (χ0v) is 41.0. The molecule has 11 aromatic carbocycles. The summed E-state index contributed by atoms with van der Waals surface area (Å²) in [5.41, 5.74) is 16.3. The fourth-order valence-corrected chi connectivity index (χ4v) is 12.0. The van der Waals surface area contributed by atoms with Gasteiger partial charge in [-0.3, -0.25) is 13.7 Å². The summed E-state index contributed by atoms with van der Waals surface area (Å²) >= 11 is 0. The predicted octanol–water partition coefficient (Wildman–Crippen LogP) is 17.3. The number of rotatable bonds is 7. The van der Waals surface area contributed by atoms with Gasteiger partial charge in [-0.2, -0.15) is 15.0 Å². The van der Waals surface area contributed by atoms with Crippen molar-refractivity contribution in [3.8, 4) is 56.9 Å². The van der Waals surface area contributed by atoms with Crippen LogP contribution in [0, 0.1) is 0 Å². The van der Waals surface area contributed by atoms with Crippen molar-refractivity contribution < 1.29 is 0 Å². The fraction of sp³-hybridized carbons (Fsp3) is 0. The molecule has 16 aromatic rings. The maximum absolute atomic E-state index is 5.63. The molecular weight excluding hydrogens is 927 g/mol. The van der Waals surface area contributed by atoms with E-state index in [2.05, 4.69) is 279 Å². The molecule has 7 heteroatoms. The summed E-state index contributed by atoms with van der Waals surface area (Å²) in [5, 5.41) is 9.10. The average molecular weight is 970 g/mol. The van der Waals surface area contributed by atoms with Gasteiger partial charge in [0, 0.05) is 48.8 Å². The smallest absolute Gasteiger partial charge is 0.241 e. The molecule has 0 unspecified atom stereocenters. The van der Waals surface area contributed by atoms with Gasteiger partial charge < -0.3 is 4.57 Å². The summed E-state index contributed by atoms with van der Waals surface area (Å²) < 4.78 is 9.11. The minimum absolute atomic E-state index is 0.513. The van der Waals surface area contributed by atoms with Crippen LogP contribution in [0.2, 0.25) is 0 Å². The van der Waals surface area contributed by atoms with Crippen LogP contribution in [0.1, 0.15) is 0 Å². The average Bonchev–Trinajstić information content (AvgIpc) is 4.26. The van der Waals surface area contributed by atoms with Gasteiger partial charge in [0.25, 0.3) is 0 Å². The number of hydrogen-bond donors (Lipinski definition) is 0. The minimum atomic E-state index is 0.513. The quantitative estimate of drug-likeness (QED) is 0.160. The van der Waals surface area contributed by atoms with E-state index in [1.54, 1.807) is 0 Å². The van der Waals surface area contributed by atoms with Crippen LogP contribution in [0.25, 0.3) is 144 Å². The van der Waals surface area contributed by atoms with Crippen LogP contribution in [-0.4, -0.2) is 33.2 Å². The van der Waals surface area contributed by atoms with Crippen molar-refractivity contribution in [1.29, 1.82) is 0 Å². The summed E-state index contributed by atoms with van der Waals surface area (Å²) in [6.45, 7) is 0.